The molecule has 0 N–H and O–H groups in total. The van der Waals surface area contributed by atoms with Gasteiger partial charge in [-0.25, -0.2) is 4.98 Å². The van der Waals surface area contributed by atoms with Crippen molar-refractivity contribution in [1.29, 1.82) is 0 Å². The number of ether oxygens (including phenoxy) is 1. The zero-order valence-electron chi connectivity index (χ0n) is 22.9. The first kappa shape index (κ1) is 25.5. The average Bonchev–Trinajstić information content (AvgIpc) is 3.18. The van der Waals surface area contributed by atoms with Crippen LogP contribution in [0.15, 0.2) is 70.6 Å². The van der Waals surface area contributed by atoms with Gasteiger partial charge in [0.05, 0.1) is 23.7 Å². The van der Waals surface area contributed by atoms with Gasteiger partial charge in [0.25, 0.3) is 5.56 Å². The van der Waals surface area contributed by atoms with Crippen LogP contribution in [0.5, 0.6) is 5.75 Å². The summed E-state index contributed by atoms with van der Waals surface area (Å²) in [6, 6.07) is 19.9. The molecule has 0 aliphatic rings. The van der Waals surface area contributed by atoms with Gasteiger partial charge >= 0.3 is 0 Å². The van der Waals surface area contributed by atoms with Gasteiger partial charge in [-0.2, -0.15) is 9.78 Å². The summed E-state index contributed by atoms with van der Waals surface area (Å²) in [6.45, 7) is 14.0. The number of fused-ring (bicyclic) bond motifs is 2. The van der Waals surface area contributed by atoms with Crippen LogP contribution in [0.25, 0.3) is 33.2 Å². The van der Waals surface area contributed by atoms with Crippen molar-refractivity contribution in [1.82, 2.24) is 14.2 Å². The van der Waals surface area contributed by atoms with Gasteiger partial charge in [0.15, 0.2) is 5.82 Å². The fraction of sp³-hybridized carbons (Fsp3) is 0.281. The molecule has 5 aromatic rings. The van der Waals surface area contributed by atoms with Gasteiger partial charge in [-0.3, -0.25) is 4.79 Å². The molecule has 0 unspecified atom stereocenters. The van der Waals surface area contributed by atoms with E-state index in [4.69, 9.17) is 14.8 Å². The molecule has 5 rings (SSSR count). The zero-order valence-corrected chi connectivity index (χ0v) is 22.9. The molecule has 38 heavy (non-hydrogen) atoms. The van der Waals surface area contributed by atoms with Gasteiger partial charge in [-0.1, -0.05) is 44.2 Å². The summed E-state index contributed by atoms with van der Waals surface area (Å²) in [5.74, 6) is 1.62. The molecule has 6 nitrogen and oxygen atoms in total. The quantitative estimate of drug-likeness (QED) is 0.222. The molecule has 194 valence electrons. The first-order valence-corrected chi connectivity index (χ1v) is 13.3. The standard InChI is InChI=1S/C32H34N4O2/c1-7-35-22(6)27(23-13-10-12-16-29(23)35)19-33-36-31(34-28-15-11-9-14-24(28)32(36)37)26-18-25(20(3)4)30(38-8-2)17-21(26)5/h9-20H,7-8H2,1-6H3. The third-order valence-corrected chi connectivity index (χ3v) is 7.17. The number of nitrogens with zero attached hydrogens (tertiary/aromatic N) is 4. The highest BCUT2D eigenvalue weighted by atomic mass is 16.5. The Hall–Kier alpha value is -4.19. The van der Waals surface area contributed by atoms with Gasteiger partial charge in [0.2, 0.25) is 0 Å². The van der Waals surface area contributed by atoms with E-state index in [1.807, 2.05) is 50.2 Å². The first-order valence-electron chi connectivity index (χ1n) is 13.3. The van der Waals surface area contributed by atoms with E-state index in [0.717, 1.165) is 51.1 Å². The second kappa shape index (κ2) is 10.3. The molecule has 0 saturated heterocycles. The van der Waals surface area contributed by atoms with Crippen LogP contribution in [0, 0.1) is 13.8 Å². The molecule has 0 aliphatic carbocycles. The summed E-state index contributed by atoms with van der Waals surface area (Å²) in [4.78, 5) is 18.8. The van der Waals surface area contributed by atoms with Crippen LogP contribution in [0.1, 0.15) is 56.0 Å². The van der Waals surface area contributed by atoms with E-state index >= 15 is 0 Å². The van der Waals surface area contributed by atoms with Crippen LogP contribution < -0.4 is 10.3 Å². The lowest BCUT2D eigenvalue weighted by molar-refractivity contribution is 0.335. The van der Waals surface area contributed by atoms with Gasteiger partial charge in [-0.05, 0) is 75.1 Å². The Morgan fingerprint density at radius 2 is 1.71 bits per heavy atom. The van der Waals surface area contributed by atoms with E-state index in [0.29, 0.717) is 23.3 Å². The number of hydrogen-bond donors (Lipinski definition) is 0. The van der Waals surface area contributed by atoms with Gasteiger partial charge < -0.3 is 9.30 Å². The smallest absolute Gasteiger partial charge is 0.282 e. The molecule has 0 saturated carbocycles. The van der Waals surface area contributed by atoms with E-state index in [-0.39, 0.29) is 11.5 Å². The van der Waals surface area contributed by atoms with Crippen molar-refractivity contribution in [2.24, 2.45) is 5.10 Å². The predicted octanol–water partition coefficient (Wildman–Crippen LogP) is 7.06. The van der Waals surface area contributed by atoms with Crippen LogP contribution in [0.2, 0.25) is 0 Å². The Labute approximate surface area is 223 Å². The topological polar surface area (TPSA) is 61.4 Å². The number of benzene rings is 3. The normalized spacial score (nSPS) is 11.9. The van der Waals surface area contributed by atoms with Crippen LogP contribution >= 0.6 is 0 Å². The van der Waals surface area contributed by atoms with E-state index in [2.05, 4.69) is 50.5 Å². The molecular formula is C32H34N4O2. The summed E-state index contributed by atoms with van der Waals surface area (Å²) in [6.07, 6.45) is 1.80. The summed E-state index contributed by atoms with van der Waals surface area (Å²) in [5, 5.41) is 6.45. The fourth-order valence-electron chi connectivity index (χ4n) is 5.22. The lowest BCUT2D eigenvalue weighted by Crippen LogP contribution is -2.21. The predicted molar refractivity (Wildman–Crippen MR) is 157 cm³/mol. The number of aromatic nitrogens is 3. The number of aryl methyl sites for hydroxylation is 2. The Kier molecular flexibility index (Phi) is 6.89. The lowest BCUT2D eigenvalue weighted by atomic mass is 9.96. The molecule has 3 aromatic carbocycles. The Balaban J connectivity index is 1.78. The van der Waals surface area contributed by atoms with Crippen molar-refractivity contribution >= 4 is 28.0 Å². The van der Waals surface area contributed by atoms with Crippen LogP contribution in [0.4, 0.5) is 0 Å². The second-order valence-corrected chi connectivity index (χ2v) is 9.87. The van der Waals surface area contributed by atoms with Crippen molar-refractivity contribution in [2.75, 3.05) is 6.61 Å². The number of hydrogen-bond acceptors (Lipinski definition) is 4. The van der Waals surface area contributed by atoms with Gasteiger partial charge in [0, 0.05) is 34.3 Å². The summed E-state index contributed by atoms with van der Waals surface area (Å²) in [5.41, 5.74) is 6.64. The molecule has 2 heterocycles. The van der Waals surface area contributed by atoms with Crippen LogP contribution in [-0.4, -0.2) is 27.0 Å². The SMILES string of the molecule is CCOc1cc(C)c(-c2nc3ccccc3c(=O)n2N=Cc2c(C)n(CC)c3ccccc23)cc1C(C)C. The van der Waals surface area contributed by atoms with Gasteiger partial charge in [0.1, 0.15) is 5.75 Å². The number of rotatable bonds is 7. The van der Waals surface area contributed by atoms with E-state index < -0.39 is 0 Å². The minimum absolute atomic E-state index is 0.196. The average molecular weight is 507 g/mol. The van der Waals surface area contributed by atoms with Crippen LogP contribution in [-0.2, 0) is 6.54 Å². The maximum atomic E-state index is 13.8. The molecule has 0 bridgehead atoms. The maximum Gasteiger partial charge on any atom is 0.282 e. The molecule has 0 aliphatic heterocycles. The minimum Gasteiger partial charge on any atom is -0.494 e. The van der Waals surface area contributed by atoms with Crippen molar-refractivity contribution < 1.29 is 4.74 Å². The molecule has 0 spiro atoms. The Morgan fingerprint density at radius 1 is 1.00 bits per heavy atom. The Bertz CT molecular complexity index is 1740. The Morgan fingerprint density at radius 3 is 2.42 bits per heavy atom. The second-order valence-electron chi connectivity index (χ2n) is 9.87. The fourth-order valence-corrected chi connectivity index (χ4v) is 5.22. The lowest BCUT2D eigenvalue weighted by Gasteiger charge is -2.18. The largest absolute Gasteiger partial charge is 0.494 e. The molecule has 0 amide bonds. The van der Waals surface area contributed by atoms with E-state index in [9.17, 15) is 4.79 Å². The number of para-hydroxylation sites is 2. The van der Waals surface area contributed by atoms with Crippen molar-refractivity contribution in [3.63, 3.8) is 0 Å². The summed E-state index contributed by atoms with van der Waals surface area (Å²) >= 11 is 0. The van der Waals surface area contributed by atoms with Crippen LogP contribution in [0.3, 0.4) is 0 Å². The molecule has 0 radical (unpaired) electrons. The highest BCUT2D eigenvalue weighted by Gasteiger charge is 2.19. The third kappa shape index (κ3) is 4.30. The van der Waals surface area contributed by atoms with E-state index in [1.165, 1.54) is 4.68 Å². The summed E-state index contributed by atoms with van der Waals surface area (Å²) < 4.78 is 9.67. The highest BCUT2D eigenvalue weighted by Crippen LogP contribution is 2.34. The first-order chi connectivity index (χ1) is 18.3. The van der Waals surface area contributed by atoms with Crippen molar-refractivity contribution in [3.05, 3.63) is 93.4 Å². The molecule has 6 heteroatoms. The molecule has 2 aromatic heterocycles. The molecule has 0 fully saturated rings. The van der Waals surface area contributed by atoms with Crippen molar-refractivity contribution in [3.8, 4) is 17.1 Å². The molecule has 0 atom stereocenters. The summed E-state index contributed by atoms with van der Waals surface area (Å²) in [7, 11) is 0. The molecular weight excluding hydrogens is 472 g/mol. The van der Waals surface area contributed by atoms with Gasteiger partial charge in [-0.15, -0.1) is 0 Å². The van der Waals surface area contributed by atoms with Crippen molar-refractivity contribution in [2.45, 2.75) is 54.0 Å². The van der Waals surface area contributed by atoms with E-state index in [1.54, 1.807) is 12.3 Å². The minimum atomic E-state index is -0.196. The highest BCUT2D eigenvalue weighted by molar-refractivity contribution is 6.01. The zero-order chi connectivity index (χ0) is 27.0. The third-order valence-electron chi connectivity index (χ3n) is 7.17. The monoisotopic (exact) mass is 506 g/mol. The maximum absolute atomic E-state index is 13.8.